The predicted octanol–water partition coefficient (Wildman–Crippen LogP) is 5.23. The number of imide groups is 1. The number of aryl methyl sites for hydroxylation is 1. The summed E-state index contributed by atoms with van der Waals surface area (Å²) in [7, 11) is 1.62. The van der Waals surface area contributed by atoms with Crippen LogP contribution in [0.15, 0.2) is 66.7 Å². The van der Waals surface area contributed by atoms with Gasteiger partial charge in [-0.3, -0.25) is 9.59 Å². The van der Waals surface area contributed by atoms with Gasteiger partial charge in [-0.15, -0.1) is 0 Å². The van der Waals surface area contributed by atoms with Gasteiger partial charge < -0.3 is 19.9 Å². The number of hydrogen-bond donors (Lipinski definition) is 2. The van der Waals surface area contributed by atoms with Crippen LogP contribution < -0.4 is 15.0 Å². The van der Waals surface area contributed by atoms with E-state index in [0.717, 1.165) is 34.3 Å². The minimum atomic E-state index is -1.16. The molecular formula is C30H28N4O4. The fourth-order valence-corrected chi connectivity index (χ4v) is 5.56. The summed E-state index contributed by atoms with van der Waals surface area (Å²) in [4.78, 5) is 46.4. The average Bonchev–Trinajstić information content (AvgIpc) is 3.41. The molecule has 0 radical (unpaired) electrons. The number of benzene rings is 3. The second-order valence-corrected chi connectivity index (χ2v) is 9.84. The fraction of sp³-hybridized carbons (Fsp3) is 0.233. The van der Waals surface area contributed by atoms with Gasteiger partial charge in [0.15, 0.2) is 5.54 Å². The van der Waals surface area contributed by atoms with E-state index in [-0.39, 0.29) is 17.8 Å². The van der Waals surface area contributed by atoms with Crippen LogP contribution >= 0.6 is 0 Å². The molecule has 8 nitrogen and oxygen atoms in total. The van der Waals surface area contributed by atoms with E-state index in [1.807, 2.05) is 42.5 Å². The number of fused-ring (bicyclic) bond motifs is 5. The van der Waals surface area contributed by atoms with Gasteiger partial charge in [0.2, 0.25) is 0 Å². The van der Waals surface area contributed by atoms with E-state index in [9.17, 15) is 14.4 Å². The lowest BCUT2D eigenvalue weighted by atomic mass is 9.87. The van der Waals surface area contributed by atoms with E-state index in [1.54, 1.807) is 43.2 Å². The highest BCUT2D eigenvalue weighted by molar-refractivity contribution is 6.23. The minimum absolute atomic E-state index is 0.262. The molecule has 0 saturated carbocycles. The van der Waals surface area contributed by atoms with Crippen molar-refractivity contribution in [2.45, 2.75) is 32.2 Å². The average molecular weight is 509 g/mol. The van der Waals surface area contributed by atoms with E-state index < -0.39 is 5.54 Å². The van der Waals surface area contributed by atoms with Crippen LogP contribution in [0, 0.1) is 0 Å². The maximum absolute atomic E-state index is 13.9. The van der Waals surface area contributed by atoms with Crippen LogP contribution in [0.4, 0.5) is 16.2 Å². The molecule has 1 aromatic heterocycles. The van der Waals surface area contributed by atoms with Gasteiger partial charge in [-0.25, -0.2) is 9.69 Å². The van der Waals surface area contributed by atoms with Gasteiger partial charge >= 0.3 is 6.03 Å². The minimum Gasteiger partial charge on any atom is -0.497 e. The highest BCUT2D eigenvalue weighted by Gasteiger charge is 2.59. The number of nitrogens with zero attached hydrogens (tertiary/aromatic N) is 2. The van der Waals surface area contributed by atoms with Crippen molar-refractivity contribution in [1.29, 1.82) is 0 Å². The molecular weight excluding hydrogens is 480 g/mol. The van der Waals surface area contributed by atoms with Gasteiger partial charge in [-0.05, 0) is 85.5 Å². The first-order valence-corrected chi connectivity index (χ1v) is 12.7. The Morgan fingerprint density at radius 1 is 1.05 bits per heavy atom. The number of methoxy groups -OCH3 is 1. The lowest BCUT2D eigenvalue weighted by Crippen LogP contribution is -2.49. The molecule has 0 spiro atoms. The van der Waals surface area contributed by atoms with Crippen molar-refractivity contribution in [3.63, 3.8) is 0 Å². The molecule has 8 heteroatoms. The van der Waals surface area contributed by atoms with Crippen LogP contribution in [-0.4, -0.2) is 41.4 Å². The fourth-order valence-electron chi connectivity index (χ4n) is 5.56. The number of anilines is 2. The van der Waals surface area contributed by atoms with Crippen LogP contribution in [0.5, 0.6) is 5.75 Å². The molecule has 1 saturated heterocycles. The van der Waals surface area contributed by atoms with E-state index >= 15 is 0 Å². The molecule has 1 unspecified atom stereocenters. The third-order valence-corrected chi connectivity index (χ3v) is 7.77. The van der Waals surface area contributed by atoms with Crippen molar-refractivity contribution in [2.75, 3.05) is 23.9 Å². The Balaban J connectivity index is 1.28. The Morgan fingerprint density at radius 3 is 2.47 bits per heavy atom. The Hall–Kier alpha value is -4.59. The quantitative estimate of drug-likeness (QED) is 0.361. The molecule has 192 valence electrons. The van der Waals surface area contributed by atoms with Gasteiger partial charge in [0.05, 0.1) is 18.5 Å². The van der Waals surface area contributed by atoms with Crippen molar-refractivity contribution < 1.29 is 19.1 Å². The Labute approximate surface area is 220 Å². The van der Waals surface area contributed by atoms with Crippen LogP contribution in [0.2, 0.25) is 0 Å². The molecule has 3 aromatic carbocycles. The third-order valence-electron chi connectivity index (χ3n) is 7.77. The highest BCUT2D eigenvalue weighted by atomic mass is 16.5. The molecule has 2 N–H and O–H groups in total. The number of nitrogens with one attached hydrogen (secondary N) is 2. The van der Waals surface area contributed by atoms with E-state index in [2.05, 4.69) is 17.2 Å². The van der Waals surface area contributed by atoms with E-state index in [4.69, 9.17) is 4.74 Å². The number of urea groups is 1. The summed E-state index contributed by atoms with van der Waals surface area (Å²) in [5.41, 5.74) is 4.27. The number of carbonyl (C=O) groups is 3. The zero-order chi connectivity index (χ0) is 26.6. The van der Waals surface area contributed by atoms with Crippen molar-refractivity contribution in [1.82, 2.24) is 9.88 Å². The van der Waals surface area contributed by atoms with E-state index in [0.29, 0.717) is 29.9 Å². The molecule has 0 bridgehead atoms. The molecule has 2 aliphatic heterocycles. The number of amides is 4. The largest absolute Gasteiger partial charge is 0.497 e. The normalized spacial score (nSPS) is 18.5. The first-order chi connectivity index (χ1) is 18.3. The van der Waals surface area contributed by atoms with Crippen molar-refractivity contribution in [3.8, 4) is 5.75 Å². The Morgan fingerprint density at radius 2 is 1.79 bits per heavy atom. The SMILES string of the molecule is CCc1ccc(NC(=O)c2ccc(N3C(=O)N4CCc5c([nH]c6ccc(OC)cc56)C4(C)C3=O)cc2)cc1. The van der Waals surface area contributed by atoms with Crippen molar-refractivity contribution >= 4 is 40.1 Å². The highest BCUT2D eigenvalue weighted by Crippen LogP contribution is 2.45. The number of aromatic amines is 1. The van der Waals surface area contributed by atoms with Crippen LogP contribution in [0.1, 0.15) is 41.0 Å². The summed E-state index contributed by atoms with van der Waals surface area (Å²) >= 11 is 0. The second-order valence-electron chi connectivity index (χ2n) is 9.84. The molecule has 4 amide bonds. The Bertz CT molecular complexity index is 1590. The number of ether oxygens (including phenoxy) is 1. The van der Waals surface area contributed by atoms with Crippen LogP contribution in [0.25, 0.3) is 10.9 Å². The first-order valence-electron chi connectivity index (χ1n) is 12.7. The summed E-state index contributed by atoms with van der Waals surface area (Å²) in [6.45, 7) is 4.29. The lowest BCUT2D eigenvalue weighted by molar-refractivity contribution is -0.125. The van der Waals surface area contributed by atoms with Crippen LogP contribution in [-0.2, 0) is 23.2 Å². The molecule has 3 heterocycles. The first kappa shape index (κ1) is 23.8. The summed E-state index contributed by atoms with van der Waals surface area (Å²) in [6, 6.07) is 19.7. The second kappa shape index (κ2) is 8.76. The van der Waals surface area contributed by atoms with Gasteiger partial charge in [0.25, 0.3) is 11.8 Å². The number of carbonyl (C=O) groups excluding carboxylic acids is 3. The number of aromatic nitrogens is 1. The zero-order valence-electron chi connectivity index (χ0n) is 21.5. The molecule has 6 rings (SSSR count). The summed E-state index contributed by atoms with van der Waals surface area (Å²) < 4.78 is 5.39. The smallest absolute Gasteiger partial charge is 0.332 e. The van der Waals surface area contributed by atoms with Gasteiger partial charge in [-0.1, -0.05) is 19.1 Å². The third kappa shape index (κ3) is 3.48. The molecule has 2 aliphatic rings. The number of rotatable bonds is 5. The van der Waals surface area contributed by atoms with E-state index in [1.165, 1.54) is 10.5 Å². The topological polar surface area (TPSA) is 94.7 Å². The Kier molecular flexibility index (Phi) is 5.48. The van der Waals surface area contributed by atoms with Gasteiger partial charge in [0, 0.05) is 28.7 Å². The maximum Gasteiger partial charge on any atom is 0.332 e. The van der Waals surface area contributed by atoms with Gasteiger partial charge in [-0.2, -0.15) is 0 Å². The molecule has 1 atom stereocenters. The molecule has 1 fully saturated rings. The number of hydrogen-bond acceptors (Lipinski definition) is 4. The van der Waals surface area contributed by atoms with Crippen molar-refractivity contribution in [3.05, 3.63) is 89.1 Å². The monoisotopic (exact) mass is 508 g/mol. The maximum atomic E-state index is 13.9. The molecule has 4 aromatic rings. The zero-order valence-corrected chi connectivity index (χ0v) is 21.5. The lowest BCUT2D eigenvalue weighted by Gasteiger charge is -2.35. The predicted molar refractivity (Wildman–Crippen MR) is 146 cm³/mol. The van der Waals surface area contributed by atoms with Crippen molar-refractivity contribution in [2.24, 2.45) is 0 Å². The summed E-state index contributed by atoms with van der Waals surface area (Å²) in [5, 5.41) is 3.89. The summed E-state index contributed by atoms with van der Waals surface area (Å²) in [5.74, 6) is 0.155. The molecule has 38 heavy (non-hydrogen) atoms. The standard InChI is InChI=1S/C30H28N4O4/c1-4-18-5-9-20(10-6-18)31-27(35)19-7-11-21(12-8-19)34-28(36)30(2)26-23(15-16-33(30)29(34)37)24-17-22(38-3)13-14-25(24)32-26/h5-14,17,32H,4,15-16H2,1-3H3,(H,31,35). The number of H-pyrrole nitrogens is 1. The molecule has 0 aliphatic carbocycles. The van der Waals surface area contributed by atoms with Crippen LogP contribution in [0.3, 0.4) is 0 Å². The summed E-state index contributed by atoms with van der Waals surface area (Å²) in [6.07, 6.45) is 1.56. The van der Waals surface area contributed by atoms with Gasteiger partial charge in [0.1, 0.15) is 5.75 Å².